The Hall–Kier alpha value is -2.70. The highest BCUT2D eigenvalue weighted by Crippen LogP contribution is 2.23. The van der Waals surface area contributed by atoms with Crippen molar-refractivity contribution in [3.05, 3.63) is 81.9 Å². The van der Waals surface area contributed by atoms with Crippen LogP contribution in [0.1, 0.15) is 65.1 Å². The zero-order chi connectivity index (χ0) is 23.1. The molecule has 32 heavy (non-hydrogen) atoms. The Morgan fingerprint density at radius 3 is 2.56 bits per heavy atom. The molecule has 0 fully saturated rings. The van der Waals surface area contributed by atoms with E-state index in [1.165, 1.54) is 11.1 Å². The summed E-state index contributed by atoms with van der Waals surface area (Å²) in [4.78, 5) is 18.9. The molecule has 3 aromatic rings. The van der Waals surface area contributed by atoms with E-state index in [0.717, 1.165) is 37.3 Å². The Morgan fingerprint density at radius 2 is 1.97 bits per heavy atom. The quantitative estimate of drug-likeness (QED) is 0.337. The molecule has 2 atom stereocenters. The molecule has 2 aromatic heterocycles. The van der Waals surface area contributed by atoms with E-state index in [9.17, 15) is 4.79 Å². The number of hydrogen-bond donors (Lipinski definition) is 2. The fourth-order valence-electron chi connectivity index (χ4n) is 3.80. The summed E-state index contributed by atoms with van der Waals surface area (Å²) in [6, 6.07) is 13.7. The number of aromatic amines is 1. The van der Waals surface area contributed by atoms with Crippen LogP contribution < -0.4 is 5.32 Å². The van der Waals surface area contributed by atoms with E-state index in [1.807, 2.05) is 62.6 Å². The molecule has 0 spiro atoms. The van der Waals surface area contributed by atoms with Gasteiger partial charge in [0, 0.05) is 31.0 Å². The second kappa shape index (κ2) is 11.2. The number of halogens is 1. The maximum Gasteiger partial charge on any atom is 0.254 e. The van der Waals surface area contributed by atoms with Crippen molar-refractivity contribution in [1.82, 2.24) is 25.4 Å². The molecule has 2 unspecified atom stereocenters. The molecule has 0 saturated carbocycles. The van der Waals surface area contributed by atoms with Crippen LogP contribution in [0.4, 0.5) is 0 Å². The molecule has 7 heteroatoms. The fraction of sp³-hybridized carbons (Fsp3) is 0.400. The molecule has 0 aliphatic heterocycles. The average molecular weight is 454 g/mol. The van der Waals surface area contributed by atoms with Crippen molar-refractivity contribution in [2.45, 2.75) is 45.6 Å². The number of carbonyl (C=O) groups is 1. The molecule has 170 valence electrons. The first-order valence-electron chi connectivity index (χ1n) is 11.1. The largest absolute Gasteiger partial charge is 0.333 e. The summed E-state index contributed by atoms with van der Waals surface area (Å²) in [6.45, 7) is 7.94. The van der Waals surface area contributed by atoms with Crippen LogP contribution >= 0.6 is 11.6 Å². The molecular formula is C25H32ClN5O. The highest BCUT2D eigenvalue weighted by molar-refractivity contribution is 6.29. The lowest BCUT2D eigenvalue weighted by Gasteiger charge is -2.26. The summed E-state index contributed by atoms with van der Waals surface area (Å²) >= 11 is 5.86. The summed E-state index contributed by atoms with van der Waals surface area (Å²) in [5.74, 6) is 0.368. The number of amides is 1. The van der Waals surface area contributed by atoms with Gasteiger partial charge in [0.05, 0.1) is 11.7 Å². The SMILES string of the molecule is CCC(c1cc(C)[nH]n1)N(C)C(=O)c1ccc(CCNCC(C)c2ccc(Cl)nc2)cc1. The Kier molecular flexibility index (Phi) is 8.42. The zero-order valence-corrected chi connectivity index (χ0v) is 20.0. The second-order valence-corrected chi connectivity index (χ2v) is 8.67. The summed E-state index contributed by atoms with van der Waals surface area (Å²) < 4.78 is 0. The molecule has 0 saturated heterocycles. The van der Waals surface area contributed by atoms with Gasteiger partial charge < -0.3 is 10.2 Å². The van der Waals surface area contributed by atoms with Crippen molar-refractivity contribution < 1.29 is 4.79 Å². The molecule has 2 N–H and O–H groups in total. The third-order valence-corrected chi connectivity index (χ3v) is 6.03. The Bertz CT molecular complexity index is 1000. The lowest BCUT2D eigenvalue weighted by atomic mass is 10.0. The van der Waals surface area contributed by atoms with E-state index < -0.39 is 0 Å². The average Bonchev–Trinajstić information content (AvgIpc) is 3.23. The van der Waals surface area contributed by atoms with Crippen molar-refractivity contribution in [3.8, 4) is 0 Å². The summed E-state index contributed by atoms with van der Waals surface area (Å²) in [6.07, 6.45) is 3.54. The number of aryl methyl sites for hydroxylation is 1. The van der Waals surface area contributed by atoms with Gasteiger partial charge in [-0.2, -0.15) is 5.10 Å². The minimum Gasteiger partial charge on any atom is -0.333 e. The number of nitrogens with one attached hydrogen (secondary N) is 2. The van der Waals surface area contributed by atoms with Gasteiger partial charge in [0.15, 0.2) is 0 Å². The van der Waals surface area contributed by atoms with E-state index in [-0.39, 0.29) is 11.9 Å². The summed E-state index contributed by atoms with van der Waals surface area (Å²) in [5, 5.41) is 11.3. The first-order chi connectivity index (χ1) is 15.4. The van der Waals surface area contributed by atoms with Crippen LogP contribution in [0.3, 0.4) is 0 Å². The number of hydrogen-bond acceptors (Lipinski definition) is 4. The highest BCUT2D eigenvalue weighted by Gasteiger charge is 2.23. The predicted octanol–water partition coefficient (Wildman–Crippen LogP) is 4.93. The molecular weight excluding hydrogens is 422 g/mol. The third-order valence-electron chi connectivity index (χ3n) is 5.80. The normalized spacial score (nSPS) is 13.0. The number of H-pyrrole nitrogens is 1. The van der Waals surface area contributed by atoms with Gasteiger partial charge in [-0.3, -0.25) is 9.89 Å². The Balaban J connectivity index is 1.49. The first kappa shape index (κ1) is 24.0. The first-order valence-corrected chi connectivity index (χ1v) is 11.5. The molecule has 0 bridgehead atoms. The number of aromatic nitrogens is 3. The number of benzene rings is 1. The van der Waals surface area contributed by atoms with Crippen LogP contribution in [0.25, 0.3) is 0 Å². The standard InChI is InChI=1S/C25H32ClN5O/c1-5-23(22-14-18(3)29-30-22)31(4)25(32)20-8-6-19(7-9-20)12-13-27-15-17(2)21-10-11-24(26)28-16-21/h6-11,14,16-17,23,27H,5,12-13,15H2,1-4H3,(H,29,30). The Morgan fingerprint density at radius 1 is 1.22 bits per heavy atom. The lowest BCUT2D eigenvalue weighted by Crippen LogP contribution is -2.31. The van der Waals surface area contributed by atoms with Gasteiger partial charge in [-0.05, 0) is 67.6 Å². The molecule has 0 aliphatic carbocycles. The molecule has 1 aromatic carbocycles. The maximum atomic E-state index is 13.0. The van der Waals surface area contributed by atoms with Crippen molar-refractivity contribution >= 4 is 17.5 Å². The van der Waals surface area contributed by atoms with Crippen molar-refractivity contribution in [2.24, 2.45) is 0 Å². The minimum atomic E-state index is -0.0471. The number of pyridine rings is 1. The lowest BCUT2D eigenvalue weighted by molar-refractivity contribution is 0.0722. The monoisotopic (exact) mass is 453 g/mol. The van der Waals surface area contributed by atoms with E-state index in [0.29, 0.717) is 16.6 Å². The molecule has 3 rings (SSSR count). The van der Waals surface area contributed by atoms with Gasteiger partial charge >= 0.3 is 0 Å². The van der Waals surface area contributed by atoms with Crippen LogP contribution in [0.5, 0.6) is 0 Å². The van der Waals surface area contributed by atoms with Crippen molar-refractivity contribution in [3.63, 3.8) is 0 Å². The van der Waals surface area contributed by atoms with Crippen LogP contribution in [0, 0.1) is 6.92 Å². The minimum absolute atomic E-state index is 0.00702. The zero-order valence-electron chi connectivity index (χ0n) is 19.2. The Labute approximate surface area is 195 Å². The number of carbonyl (C=O) groups excluding carboxylic acids is 1. The summed E-state index contributed by atoms with van der Waals surface area (Å²) in [5.41, 5.74) is 4.96. The van der Waals surface area contributed by atoms with Gasteiger partial charge in [0.25, 0.3) is 5.91 Å². The van der Waals surface area contributed by atoms with Gasteiger partial charge in [-0.1, -0.05) is 43.6 Å². The van der Waals surface area contributed by atoms with E-state index >= 15 is 0 Å². The van der Waals surface area contributed by atoms with Crippen LogP contribution in [-0.4, -0.2) is 46.1 Å². The van der Waals surface area contributed by atoms with Gasteiger partial charge in [0.2, 0.25) is 0 Å². The molecule has 6 nitrogen and oxygen atoms in total. The van der Waals surface area contributed by atoms with Gasteiger partial charge in [-0.15, -0.1) is 0 Å². The molecule has 0 radical (unpaired) electrons. The molecule has 1 amide bonds. The van der Waals surface area contributed by atoms with Crippen molar-refractivity contribution in [2.75, 3.05) is 20.1 Å². The van der Waals surface area contributed by atoms with E-state index in [4.69, 9.17) is 11.6 Å². The van der Waals surface area contributed by atoms with Crippen LogP contribution in [-0.2, 0) is 6.42 Å². The topological polar surface area (TPSA) is 73.9 Å². The van der Waals surface area contributed by atoms with Gasteiger partial charge in [0.1, 0.15) is 5.15 Å². The number of rotatable bonds is 10. The third kappa shape index (κ3) is 6.17. The predicted molar refractivity (Wildman–Crippen MR) is 129 cm³/mol. The maximum absolute atomic E-state index is 13.0. The highest BCUT2D eigenvalue weighted by atomic mass is 35.5. The van der Waals surface area contributed by atoms with Crippen LogP contribution in [0.15, 0.2) is 48.7 Å². The molecule has 0 aliphatic rings. The molecule has 2 heterocycles. The second-order valence-electron chi connectivity index (χ2n) is 8.28. The van der Waals surface area contributed by atoms with E-state index in [2.05, 4.69) is 34.3 Å². The summed E-state index contributed by atoms with van der Waals surface area (Å²) in [7, 11) is 1.84. The van der Waals surface area contributed by atoms with Crippen molar-refractivity contribution in [1.29, 1.82) is 0 Å². The number of nitrogens with zero attached hydrogens (tertiary/aromatic N) is 3. The van der Waals surface area contributed by atoms with Gasteiger partial charge in [-0.25, -0.2) is 4.98 Å². The smallest absolute Gasteiger partial charge is 0.254 e. The van der Waals surface area contributed by atoms with E-state index in [1.54, 1.807) is 4.90 Å². The fourth-order valence-corrected chi connectivity index (χ4v) is 3.91. The van der Waals surface area contributed by atoms with Crippen LogP contribution in [0.2, 0.25) is 5.15 Å².